The van der Waals surface area contributed by atoms with Gasteiger partial charge in [-0.1, -0.05) is 12.1 Å². The van der Waals surface area contributed by atoms with Gasteiger partial charge >= 0.3 is 5.97 Å². The van der Waals surface area contributed by atoms with Crippen LogP contribution in [0.3, 0.4) is 0 Å². The molecule has 0 fully saturated rings. The van der Waals surface area contributed by atoms with Gasteiger partial charge < -0.3 is 14.8 Å². The topological polar surface area (TPSA) is 72.5 Å². The molecule has 23 heavy (non-hydrogen) atoms. The molecule has 1 heterocycles. The first kappa shape index (κ1) is 16.9. The molecule has 1 N–H and O–H groups in total. The first-order valence-electron chi connectivity index (χ1n) is 7.17. The van der Waals surface area contributed by atoms with E-state index in [0.29, 0.717) is 29.7 Å². The number of esters is 1. The number of carbonyl (C=O) groups excluding carboxylic acids is 3. The van der Waals surface area contributed by atoms with E-state index in [4.69, 9.17) is 4.74 Å². The summed E-state index contributed by atoms with van der Waals surface area (Å²) in [6.07, 6.45) is 0.869. The van der Waals surface area contributed by atoms with Crippen molar-refractivity contribution < 1.29 is 19.1 Å². The van der Waals surface area contributed by atoms with Crippen molar-refractivity contribution in [1.82, 2.24) is 0 Å². The summed E-state index contributed by atoms with van der Waals surface area (Å²) in [6, 6.07) is 8.39. The van der Waals surface area contributed by atoms with Crippen LogP contribution in [0.4, 0.5) is 5.69 Å². The molecular weight excluding hydrogens is 314 g/mol. The van der Waals surface area contributed by atoms with E-state index in [1.54, 1.807) is 35.7 Å². The van der Waals surface area contributed by atoms with E-state index in [1.807, 2.05) is 5.38 Å². The number of nitrogens with one attached hydrogen (secondary N) is 1. The second-order valence-corrected chi connectivity index (χ2v) is 5.73. The van der Waals surface area contributed by atoms with E-state index >= 15 is 0 Å². The Kier molecular flexibility index (Phi) is 6.05. The Labute approximate surface area is 138 Å². The third kappa shape index (κ3) is 5.03. The summed E-state index contributed by atoms with van der Waals surface area (Å²) in [5.74, 6) is -0.734. The highest BCUT2D eigenvalue weighted by molar-refractivity contribution is 7.08. The molecule has 2 rings (SSSR count). The first-order valence-corrected chi connectivity index (χ1v) is 8.11. The SMILES string of the molecule is CC(=O)CCCOC(=O)c1ccccc1NC(=O)c1ccsc1. The molecule has 0 atom stereocenters. The lowest BCUT2D eigenvalue weighted by Gasteiger charge is -2.10. The molecule has 1 aromatic heterocycles. The van der Waals surface area contributed by atoms with Gasteiger partial charge in [-0.2, -0.15) is 11.3 Å². The summed E-state index contributed by atoms with van der Waals surface area (Å²) in [7, 11) is 0. The number of thiophene rings is 1. The molecule has 0 spiro atoms. The van der Waals surface area contributed by atoms with Crippen molar-refractivity contribution in [3.8, 4) is 0 Å². The normalized spacial score (nSPS) is 10.1. The molecule has 0 saturated heterocycles. The standard InChI is InChI=1S/C17H17NO4S/c1-12(19)5-4-9-22-17(21)14-6-2-3-7-15(14)18-16(20)13-8-10-23-11-13/h2-3,6-8,10-11H,4-5,9H2,1H3,(H,18,20). The van der Waals surface area contributed by atoms with E-state index < -0.39 is 5.97 Å². The van der Waals surface area contributed by atoms with Crippen LogP contribution in [0.5, 0.6) is 0 Å². The average Bonchev–Trinajstić information content (AvgIpc) is 3.06. The van der Waals surface area contributed by atoms with E-state index in [-0.39, 0.29) is 18.3 Å². The Bertz CT molecular complexity index is 694. The number of hydrogen-bond donors (Lipinski definition) is 1. The summed E-state index contributed by atoms with van der Waals surface area (Å²) in [4.78, 5) is 35.1. The minimum absolute atomic E-state index is 0.0597. The van der Waals surface area contributed by atoms with Gasteiger partial charge in [-0.05, 0) is 36.9 Å². The van der Waals surface area contributed by atoms with Crippen LogP contribution < -0.4 is 5.32 Å². The zero-order valence-corrected chi connectivity index (χ0v) is 13.5. The number of rotatable bonds is 7. The molecule has 1 amide bonds. The van der Waals surface area contributed by atoms with Gasteiger partial charge in [-0.15, -0.1) is 0 Å². The van der Waals surface area contributed by atoms with Gasteiger partial charge in [0.25, 0.3) is 5.91 Å². The Morgan fingerprint density at radius 3 is 2.65 bits per heavy atom. The summed E-state index contributed by atoms with van der Waals surface area (Å²) in [5.41, 5.74) is 1.24. The third-order valence-corrected chi connectivity index (χ3v) is 3.77. The van der Waals surface area contributed by atoms with Crippen molar-refractivity contribution in [2.75, 3.05) is 11.9 Å². The molecule has 2 aromatic rings. The number of ketones is 1. The van der Waals surface area contributed by atoms with Crippen molar-refractivity contribution >= 4 is 34.7 Å². The van der Waals surface area contributed by atoms with Gasteiger partial charge in [-0.3, -0.25) is 4.79 Å². The fourth-order valence-electron chi connectivity index (χ4n) is 1.92. The van der Waals surface area contributed by atoms with Crippen molar-refractivity contribution in [3.05, 3.63) is 52.2 Å². The van der Waals surface area contributed by atoms with Crippen LogP contribution in [-0.2, 0) is 9.53 Å². The molecule has 0 aliphatic carbocycles. The van der Waals surface area contributed by atoms with Crippen LogP contribution in [-0.4, -0.2) is 24.3 Å². The predicted molar refractivity (Wildman–Crippen MR) is 88.9 cm³/mol. The number of carbonyl (C=O) groups is 3. The number of anilines is 1. The highest BCUT2D eigenvalue weighted by atomic mass is 32.1. The number of benzene rings is 1. The fraction of sp³-hybridized carbons (Fsp3) is 0.235. The van der Waals surface area contributed by atoms with Gasteiger partial charge in [0.1, 0.15) is 5.78 Å². The van der Waals surface area contributed by atoms with Crippen molar-refractivity contribution in [3.63, 3.8) is 0 Å². The van der Waals surface area contributed by atoms with Crippen LogP contribution in [0.25, 0.3) is 0 Å². The fourth-order valence-corrected chi connectivity index (χ4v) is 2.56. The van der Waals surface area contributed by atoms with Crippen LogP contribution in [0, 0.1) is 0 Å². The first-order chi connectivity index (χ1) is 11.1. The van der Waals surface area contributed by atoms with Gasteiger partial charge in [0.05, 0.1) is 23.4 Å². The summed E-state index contributed by atoms with van der Waals surface area (Å²) in [5, 5.41) is 6.26. The van der Waals surface area contributed by atoms with Crippen molar-refractivity contribution in [2.24, 2.45) is 0 Å². The van der Waals surface area contributed by atoms with E-state index in [1.165, 1.54) is 18.3 Å². The lowest BCUT2D eigenvalue weighted by molar-refractivity contribution is -0.117. The number of ether oxygens (including phenoxy) is 1. The van der Waals surface area contributed by atoms with Crippen LogP contribution in [0.15, 0.2) is 41.1 Å². The quantitative estimate of drug-likeness (QED) is 0.622. The number of para-hydroxylation sites is 1. The Balaban J connectivity index is 2.00. The molecule has 5 nitrogen and oxygen atoms in total. The van der Waals surface area contributed by atoms with Crippen LogP contribution >= 0.6 is 11.3 Å². The maximum absolute atomic E-state index is 12.1. The van der Waals surface area contributed by atoms with Crippen LogP contribution in [0.2, 0.25) is 0 Å². The van der Waals surface area contributed by atoms with Gasteiger partial charge in [0.2, 0.25) is 0 Å². The van der Waals surface area contributed by atoms with Crippen molar-refractivity contribution in [2.45, 2.75) is 19.8 Å². The highest BCUT2D eigenvalue weighted by Gasteiger charge is 2.15. The zero-order chi connectivity index (χ0) is 16.7. The summed E-state index contributed by atoms with van der Waals surface area (Å²) >= 11 is 1.42. The smallest absolute Gasteiger partial charge is 0.340 e. The zero-order valence-electron chi connectivity index (χ0n) is 12.7. The monoisotopic (exact) mass is 331 g/mol. The summed E-state index contributed by atoms with van der Waals surface area (Å²) < 4.78 is 5.15. The molecule has 120 valence electrons. The predicted octanol–water partition coefficient (Wildman–Crippen LogP) is 3.53. The molecule has 6 heteroatoms. The molecule has 0 aliphatic heterocycles. The average molecular weight is 331 g/mol. The largest absolute Gasteiger partial charge is 0.462 e. The molecule has 0 saturated carbocycles. The Morgan fingerprint density at radius 1 is 1.17 bits per heavy atom. The minimum Gasteiger partial charge on any atom is -0.462 e. The van der Waals surface area contributed by atoms with Crippen molar-refractivity contribution in [1.29, 1.82) is 0 Å². The number of hydrogen-bond acceptors (Lipinski definition) is 5. The molecular formula is C17H17NO4S. The van der Waals surface area contributed by atoms with E-state index in [2.05, 4.69) is 5.32 Å². The van der Waals surface area contributed by atoms with Gasteiger partial charge in [0.15, 0.2) is 0 Å². The molecule has 0 radical (unpaired) electrons. The lowest BCUT2D eigenvalue weighted by atomic mass is 10.1. The summed E-state index contributed by atoms with van der Waals surface area (Å²) in [6.45, 7) is 1.67. The molecule has 0 aliphatic rings. The maximum atomic E-state index is 12.1. The Hall–Kier alpha value is -2.47. The Morgan fingerprint density at radius 2 is 1.96 bits per heavy atom. The van der Waals surface area contributed by atoms with E-state index in [9.17, 15) is 14.4 Å². The molecule has 1 aromatic carbocycles. The highest BCUT2D eigenvalue weighted by Crippen LogP contribution is 2.18. The number of Topliss-reactive ketones (excluding diaryl/α,β-unsaturated/α-hetero) is 1. The molecule has 0 bridgehead atoms. The van der Waals surface area contributed by atoms with Gasteiger partial charge in [0, 0.05) is 11.8 Å². The maximum Gasteiger partial charge on any atom is 0.340 e. The third-order valence-electron chi connectivity index (χ3n) is 3.08. The lowest BCUT2D eigenvalue weighted by Crippen LogP contribution is -2.15. The second kappa shape index (κ2) is 8.24. The number of amides is 1. The van der Waals surface area contributed by atoms with Crippen LogP contribution in [0.1, 0.15) is 40.5 Å². The second-order valence-electron chi connectivity index (χ2n) is 4.95. The minimum atomic E-state index is -0.519. The van der Waals surface area contributed by atoms with Gasteiger partial charge in [-0.25, -0.2) is 4.79 Å². The van der Waals surface area contributed by atoms with E-state index in [0.717, 1.165) is 0 Å². The molecule has 0 unspecified atom stereocenters.